The SMILES string of the molecule is COc1ccccc1SCCC(C)(C)C. The predicted molar refractivity (Wildman–Crippen MR) is 67.8 cm³/mol. The number of rotatable bonds is 4. The third kappa shape index (κ3) is 4.61. The molecule has 0 amide bonds. The van der Waals surface area contributed by atoms with Crippen LogP contribution in [0.25, 0.3) is 0 Å². The molecule has 0 radical (unpaired) electrons. The Kier molecular flexibility index (Phi) is 4.52. The summed E-state index contributed by atoms with van der Waals surface area (Å²) in [6.45, 7) is 6.82. The van der Waals surface area contributed by atoms with Crippen molar-refractivity contribution in [3.8, 4) is 5.75 Å². The van der Waals surface area contributed by atoms with Crippen LogP contribution in [0.1, 0.15) is 27.2 Å². The zero-order valence-corrected chi connectivity index (χ0v) is 10.9. The molecule has 1 aromatic carbocycles. The van der Waals surface area contributed by atoms with Crippen LogP contribution in [0, 0.1) is 5.41 Å². The fraction of sp³-hybridized carbons (Fsp3) is 0.538. The van der Waals surface area contributed by atoms with Crippen molar-refractivity contribution in [2.45, 2.75) is 32.1 Å². The molecule has 1 nitrogen and oxygen atoms in total. The molecule has 0 aliphatic heterocycles. The summed E-state index contributed by atoms with van der Waals surface area (Å²) in [5.74, 6) is 2.13. The highest BCUT2D eigenvalue weighted by Gasteiger charge is 2.10. The van der Waals surface area contributed by atoms with Gasteiger partial charge in [-0.15, -0.1) is 11.8 Å². The maximum Gasteiger partial charge on any atom is 0.132 e. The Morgan fingerprint density at radius 1 is 1.20 bits per heavy atom. The van der Waals surface area contributed by atoms with E-state index in [-0.39, 0.29) is 0 Å². The first kappa shape index (κ1) is 12.4. The number of benzene rings is 1. The van der Waals surface area contributed by atoms with Gasteiger partial charge in [0.25, 0.3) is 0 Å². The molecule has 0 saturated heterocycles. The van der Waals surface area contributed by atoms with Crippen molar-refractivity contribution in [1.29, 1.82) is 0 Å². The Hall–Kier alpha value is -0.630. The molecule has 0 spiro atoms. The summed E-state index contributed by atoms with van der Waals surface area (Å²) in [6.07, 6.45) is 1.22. The molecule has 0 bridgehead atoms. The summed E-state index contributed by atoms with van der Waals surface area (Å²) in [7, 11) is 1.73. The first-order valence-corrected chi connectivity index (χ1v) is 6.27. The van der Waals surface area contributed by atoms with Gasteiger partial charge in [0.15, 0.2) is 0 Å². The van der Waals surface area contributed by atoms with Gasteiger partial charge in [-0.3, -0.25) is 0 Å². The van der Waals surface area contributed by atoms with E-state index in [0.29, 0.717) is 5.41 Å². The Labute approximate surface area is 97.2 Å². The Balaban J connectivity index is 2.50. The summed E-state index contributed by atoms with van der Waals surface area (Å²) in [5, 5.41) is 0. The van der Waals surface area contributed by atoms with Gasteiger partial charge in [0.1, 0.15) is 5.75 Å². The summed E-state index contributed by atoms with van der Waals surface area (Å²) < 4.78 is 5.31. The molecule has 0 aliphatic carbocycles. The van der Waals surface area contributed by atoms with Gasteiger partial charge < -0.3 is 4.74 Å². The minimum atomic E-state index is 0.412. The molecule has 0 saturated carbocycles. The Morgan fingerprint density at radius 2 is 1.87 bits per heavy atom. The van der Waals surface area contributed by atoms with Gasteiger partial charge >= 0.3 is 0 Å². The minimum Gasteiger partial charge on any atom is -0.496 e. The summed E-state index contributed by atoms with van der Waals surface area (Å²) in [5.41, 5.74) is 0.412. The minimum absolute atomic E-state index is 0.412. The van der Waals surface area contributed by atoms with Crippen LogP contribution in [0.2, 0.25) is 0 Å². The number of methoxy groups -OCH3 is 1. The van der Waals surface area contributed by atoms with Crippen LogP contribution >= 0.6 is 11.8 Å². The standard InChI is InChI=1S/C13H20OS/c1-13(2,3)9-10-15-12-8-6-5-7-11(12)14-4/h5-8H,9-10H2,1-4H3. The molecule has 1 aromatic rings. The summed E-state index contributed by atoms with van der Waals surface area (Å²) in [4.78, 5) is 1.24. The van der Waals surface area contributed by atoms with Gasteiger partial charge in [-0.2, -0.15) is 0 Å². The molecule has 0 aromatic heterocycles. The number of para-hydroxylation sites is 1. The highest BCUT2D eigenvalue weighted by molar-refractivity contribution is 7.99. The lowest BCUT2D eigenvalue weighted by Gasteiger charge is -2.17. The van der Waals surface area contributed by atoms with E-state index in [9.17, 15) is 0 Å². The van der Waals surface area contributed by atoms with Crippen molar-refractivity contribution in [3.05, 3.63) is 24.3 Å². The lowest BCUT2D eigenvalue weighted by molar-refractivity contribution is 0.399. The molecule has 15 heavy (non-hydrogen) atoms. The van der Waals surface area contributed by atoms with Crippen LogP contribution in [-0.4, -0.2) is 12.9 Å². The van der Waals surface area contributed by atoms with Crippen LogP contribution in [0.3, 0.4) is 0 Å². The van der Waals surface area contributed by atoms with Crippen molar-refractivity contribution in [3.63, 3.8) is 0 Å². The number of ether oxygens (including phenoxy) is 1. The van der Waals surface area contributed by atoms with Crippen molar-refractivity contribution in [1.82, 2.24) is 0 Å². The molecule has 0 N–H and O–H groups in total. The molecule has 0 aliphatic rings. The van der Waals surface area contributed by atoms with E-state index in [1.165, 1.54) is 11.3 Å². The first-order valence-electron chi connectivity index (χ1n) is 5.29. The lowest BCUT2D eigenvalue weighted by atomic mass is 9.94. The third-order valence-corrected chi connectivity index (χ3v) is 3.24. The van der Waals surface area contributed by atoms with Crippen molar-refractivity contribution >= 4 is 11.8 Å². The van der Waals surface area contributed by atoms with Gasteiger partial charge in [-0.05, 0) is 29.7 Å². The van der Waals surface area contributed by atoms with Gasteiger partial charge in [-0.25, -0.2) is 0 Å². The second kappa shape index (κ2) is 5.45. The van der Waals surface area contributed by atoms with Crippen LogP contribution in [0.4, 0.5) is 0 Å². The molecule has 0 heterocycles. The molecule has 2 heteroatoms. The number of hydrogen-bond donors (Lipinski definition) is 0. The third-order valence-electron chi connectivity index (χ3n) is 2.18. The first-order chi connectivity index (χ1) is 7.03. The van der Waals surface area contributed by atoms with Gasteiger partial charge in [0, 0.05) is 4.90 Å². The zero-order valence-electron chi connectivity index (χ0n) is 10.0. The molecule has 0 unspecified atom stereocenters. The largest absolute Gasteiger partial charge is 0.496 e. The van der Waals surface area contributed by atoms with Gasteiger partial charge in [-0.1, -0.05) is 32.9 Å². The average Bonchev–Trinajstić information content (AvgIpc) is 2.16. The highest BCUT2D eigenvalue weighted by Crippen LogP contribution is 2.31. The topological polar surface area (TPSA) is 9.23 Å². The average molecular weight is 224 g/mol. The molecular formula is C13H20OS. The van der Waals surface area contributed by atoms with E-state index in [2.05, 4.69) is 32.9 Å². The van der Waals surface area contributed by atoms with Crippen LogP contribution in [-0.2, 0) is 0 Å². The van der Waals surface area contributed by atoms with Gasteiger partial charge in [0.2, 0.25) is 0 Å². The van der Waals surface area contributed by atoms with Crippen molar-refractivity contribution in [2.24, 2.45) is 5.41 Å². The van der Waals surface area contributed by atoms with E-state index in [1.54, 1.807) is 7.11 Å². The quantitative estimate of drug-likeness (QED) is 0.708. The number of thioether (sulfide) groups is 1. The van der Waals surface area contributed by atoms with Crippen molar-refractivity contribution < 1.29 is 4.74 Å². The van der Waals surface area contributed by atoms with Gasteiger partial charge in [0.05, 0.1) is 7.11 Å². The number of hydrogen-bond acceptors (Lipinski definition) is 2. The van der Waals surface area contributed by atoms with Crippen molar-refractivity contribution in [2.75, 3.05) is 12.9 Å². The molecule has 0 atom stereocenters. The molecule has 84 valence electrons. The van der Waals surface area contributed by atoms with Crippen LogP contribution in [0.15, 0.2) is 29.2 Å². The highest BCUT2D eigenvalue weighted by atomic mass is 32.2. The van der Waals surface area contributed by atoms with E-state index >= 15 is 0 Å². The normalized spacial score (nSPS) is 11.5. The Bertz CT molecular complexity index is 302. The maximum atomic E-state index is 5.31. The predicted octanol–water partition coefficient (Wildman–Crippen LogP) is 4.22. The summed E-state index contributed by atoms with van der Waals surface area (Å²) >= 11 is 1.87. The van der Waals surface area contributed by atoms with Crippen LogP contribution < -0.4 is 4.74 Å². The zero-order chi connectivity index (χ0) is 11.3. The molecule has 0 fully saturated rings. The van der Waals surface area contributed by atoms with E-state index in [1.807, 2.05) is 23.9 Å². The second-order valence-corrected chi connectivity index (χ2v) is 5.95. The lowest BCUT2D eigenvalue weighted by Crippen LogP contribution is -2.05. The second-order valence-electron chi connectivity index (χ2n) is 4.81. The van der Waals surface area contributed by atoms with E-state index < -0.39 is 0 Å². The maximum absolute atomic E-state index is 5.31. The monoisotopic (exact) mass is 224 g/mol. The van der Waals surface area contributed by atoms with E-state index in [4.69, 9.17) is 4.74 Å². The smallest absolute Gasteiger partial charge is 0.132 e. The van der Waals surface area contributed by atoms with Crippen LogP contribution in [0.5, 0.6) is 5.75 Å². The molecular weight excluding hydrogens is 204 g/mol. The fourth-order valence-electron chi connectivity index (χ4n) is 1.21. The van der Waals surface area contributed by atoms with E-state index in [0.717, 1.165) is 11.5 Å². The fourth-order valence-corrected chi connectivity index (χ4v) is 2.61. The Morgan fingerprint density at radius 3 is 2.47 bits per heavy atom. The summed E-state index contributed by atoms with van der Waals surface area (Å²) in [6, 6.07) is 8.19. The molecule has 1 rings (SSSR count).